The molecule has 0 bridgehead atoms. The lowest BCUT2D eigenvalue weighted by atomic mass is 9.98. The number of benzene rings is 1. The Balaban J connectivity index is 1.56. The van der Waals surface area contributed by atoms with Gasteiger partial charge >= 0.3 is 0 Å². The van der Waals surface area contributed by atoms with Gasteiger partial charge in [-0.1, -0.05) is 24.1 Å². The van der Waals surface area contributed by atoms with Gasteiger partial charge in [0.1, 0.15) is 16.5 Å². The van der Waals surface area contributed by atoms with Crippen LogP contribution in [0.2, 0.25) is 5.02 Å². The Labute approximate surface area is 195 Å². The van der Waals surface area contributed by atoms with Crippen molar-refractivity contribution in [1.82, 2.24) is 20.6 Å². The number of aliphatic hydroxyl groups is 1. The molecule has 1 aliphatic rings. The second kappa shape index (κ2) is 10.1. The lowest BCUT2D eigenvalue weighted by molar-refractivity contribution is 0.0918. The standard InChI is InChI=1S/C23H26ClFN4O2S/c1-13-20(9-11-30)32-23(27-13)21(18-4-2-3-10-26-18)29-22(31)19-8-7-17(28-19)14-5-6-15(24)16(25)12-14/h5-8,12,18,21,26,28,30H,2-4,9-11H2,1H3,(H,29,31). The van der Waals surface area contributed by atoms with Gasteiger partial charge in [0.05, 0.1) is 16.8 Å². The fourth-order valence-corrected chi connectivity index (χ4v) is 5.28. The quantitative estimate of drug-likeness (QED) is 0.407. The summed E-state index contributed by atoms with van der Waals surface area (Å²) >= 11 is 7.31. The van der Waals surface area contributed by atoms with Gasteiger partial charge in [-0.15, -0.1) is 11.3 Å². The summed E-state index contributed by atoms with van der Waals surface area (Å²) in [6.45, 7) is 2.90. The van der Waals surface area contributed by atoms with Crippen LogP contribution < -0.4 is 10.6 Å². The van der Waals surface area contributed by atoms with Crippen LogP contribution in [0.4, 0.5) is 4.39 Å². The predicted octanol–water partition coefficient (Wildman–Crippen LogP) is 4.39. The van der Waals surface area contributed by atoms with Crippen molar-refractivity contribution in [3.05, 3.63) is 62.4 Å². The summed E-state index contributed by atoms with van der Waals surface area (Å²) in [7, 11) is 0. The number of hydrogen-bond acceptors (Lipinski definition) is 5. The van der Waals surface area contributed by atoms with Crippen molar-refractivity contribution in [3.63, 3.8) is 0 Å². The Kier molecular flexibility index (Phi) is 7.25. The number of carbonyl (C=O) groups is 1. The van der Waals surface area contributed by atoms with Gasteiger partial charge in [0, 0.05) is 35.2 Å². The second-order valence-corrected chi connectivity index (χ2v) is 9.48. The minimum absolute atomic E-state index is 0.0559. The number of H-pyrrole nitrogens is 1. The van der Waals surface area contributed by atoms with Crippen molar-refractivity contribution in [2.75, 3.05) is 13.2 Å². The molecule has 1 fully saturated rings. The van der Waals surface area contributed by atoms with Crippen LogP contribution in [0, 0.1) is 12.7 Å². The molecule has 0 spiro atoms. The average Bonchev–Trinajstić information content (AvgIpc) is 3.42. The molecule has 9 heteroatoms. The zero-order chi connectivity index (χ0) is 22.7. The van der Waals surface area contributed by atoms with E-state index in [-0.39, 0.29) is 29.6 Å². The molecule has 4 rings (SSSR count). The summed E-state index contributed by atoms with van der Waals surface area (Å²) in [4.78, 5) is 21.9. The van der Waals surface area contributed by atoms with E-state index in [1.807, 2.05) is 6.92 Å². The summed E-state index contributed by atoms with van der Waals surface area (Å²) in [5, 5.41) is 16.9. The smallest absolute Gasteiger partial charge is 0.268 e. The van der Waals surface area contributed by atoms with Crippen LogP contribution in [0.1, 0.15) is 51.4 Å². The number of aromatic amines is 1. The average molecular weight is 477 g/mol. The fraction of sp³-hybridized carbons (Fsp3) is 0.391. The molecule has 32 heavy (non-hydrogen) atoms. The molecule has 0 aliphatic carbocycles. The van der Waals surface area contributed by atoms with Crippen molar-refractivity contribution in [2.45, 2.75) is 44.7 Å². The Bertz CT molecular complexity index is 1090. The van der Waals surface area contributed by atoms with Gasteiger partial charge in [-0.05, 0) is 50.6 Å². The van der Waals surface area contributed by atoms with Crippen LogP contribution in [0.3, 0.4) is 0 Å². The van der Waals surface area contributed by atoms with Gasteiger partial charge in [0.2, 0.25) is 0 Å². The second-order valence-electron chi connectivity index (χ2n) is 7.96. The number of rotatable bonds is 7. The van der Waals surface area contributed by atoms with Crippen molar-refractivity contribution >= 4 is 28.8 Å². The monoisotopic (exact) mass is 476 g/mol. The number of nitrogens with zero attached hydrogens (tertiary/aromatic N) is 1. The molecule has 2 aromatic heterocycles. The van der Waals surface area contributed by atoms with Gasteiger partial charge in [-0.25, -0.2) is 9.37 Å². The highest BCUT2D eigenvalue weighted by molar-refractivity contribution is 7.11. The number of aryl methyl sites for hydroxylation is 1. The SMILES string of the molecule is Cc1nc(C(NC(=O)c2ccc(-c3ccc(Cl)c(F)c3)[nH]2)C2CCCCN2)sc1CCO. The van der Waals surface area contributed by atoms with E-state index in [0.717, 1.165) is 41.4 Å². The fourth-order valence-electron chi connectivity index (χ4n) is 3.99. The molecule has 0 saturated carbocycles. The first-order chi connectivity index (χ1) is 15.5. The first-order valence-electron chi connectivity index (χ1n) is 10.7. The third-order valence-corrected chi connectivity index (χ3v) is 7.32. The van der Waals surface area contributed by atoms with E-state index in [1.54, 1.807) is 18.2 Å². The van der Waals surface area contributed by atoms with Crippen LogP contribution >= 0.6 is 22.9 Å². The number of thiazole rings is 1. The maximum absolute atomic E-state index is 13.8. The lowest BCUT2D eigenvalue weighted by Gasteiger charge is -2.30. The Hall–Kier alpha value is -2.26. The van der Waals surface area contributed by atoms with Gasteiger partial charge in [0.25, 0.3) is 5.91 Å². The van der Waals surface area contributed by atoms with E-state index in [2.05, 4.69) is 15.6 Å². The number of amides is 1. The Morgan fingerprint density at radius 2 is 2.22 bits per heavy atom. The Morgan fingerprint density at radius 1 is 1.38 bits per heavy atom. The highest BCUT2D eigenvalue weighted by atomic mass is 35.5. The van der Waals surface area contributed by atoms with Crippen LogP contribution in [0.15, 0.2) is 30.3 Å². The molecule has 1 saturated heterocycles. The van der Waals surface area contributed by atoms with E-state index in [1.165, 1.54) is 23.5 Å². The molecule has 3 heterocycles. The zero-order valence-corrected chi connectivity index (χ0v) is 19.3. The number of aliphatic hydroxyl groups excluding tert-OH is 1. The first-order valence-corrected chi connectivity index (χ1v) is 11.9. The molecule has 1 amide bonds. The molecule has 0 radical (unpaired) electrons. The molecular formula is C23H26ClFN4O2S. The molecule has 1 aliphatic heterocycles. The van der Waals surface area contributed by atoms with E-state index in [4.69, 9.17) is 16.6 Å². The molecular weight excluding hydrogens is 451 g/mol. The number of piperidine rings is 1. The number of aromatic nitrogens is 2. The molecule has 2 atom stereocenters. The van der Waals surface area contributed by atoms with Gasteiger partial charge in [0.15, 0.2) is 0 Å². The van der Waals surface area contributed by atoms with Crippen molar-refractivity contribution in [2.24, 2.45) is 0 Å². The zero-order valence-electron chi connectivity index (χ0n) is 17.8. The van der Waals surface area contributed by atoms with Crippen molar-refractivity contribution in [3.8, 4) is 11.3 Å². The number of hydrogen-bond donors (Lipinski definition) is 4. The van der Waals surface area contributed by atoms with E-state index in [0.29, 0.717) is 23.4 Å². The predicted molar refractivity (Wildman–Crippen MR) is 125 cm³/mol. The van der Waals surface area contributed by atoms with Gasteiger partial charge in [-0.3, -0.25) is 4.79 Å². The van der Waals surface area contributed by atoms with Crippen LogP contribution in [0.25, 0.3) is 11.3 Å². The topological polar surface area (TPSA) is 90.0 Å². The third kappa shape index (κ3) is 5.04. The van der Waals surface area contributed by atoms with Gasteiger partial charge in [-0.2, -0.15) is 0 Å². The summed E-state index contributed by atoms with van der Waals surface area (Å²) < 4.78 is 13.8. The first kappa shape index (κ1) is 22.9. The van der Waals surface area contributed by atoms with Crippen LogP contribution in [0.5, 0.6) is 0 Å². The number of halogens is 2. The summed E-state index contributed by atoms with van der Waals surface area (Å²) in [6.07, 6.45) is 3.70. The number of nitrogens with one attached hydrogen (secondary N) is 3. The van der Waals surface area contributed by atoms with Crippen molar-refractivity contribution < 1.29 is 14.3 Å². The molecule has 2 unspecified atom stereocenters. The summed E-state index contributed by atoms with van der Waals surface area (Å²) in [5.74, 6) is -0.759. The molecule has 4 N–H and O–H groups in total. The normalized spacial score (nSPS) is 17.3. The number of carbonyl (C=O) groups excluding carboxylic acids is 1. The van der Waals surface area contributed by atoms with Crippen molar-refractivity contribution in [1.29, 1.82) is 0 Å². The summed E-state index contributed by atoms with van der Waals surface area (Å²) in [5.41, 5.74) is 2.52. The van der Waals surface area contributed by atoms with E-state index in [9.17, 15) is 14.3 Å². The van der Waals surface area contributed by atoms with Crippen LogP contribution in [-0.2, 0) is 6.42 Å². The largest absolute Gasteiger partial charge is 0.396 e. The van der Waals surface area contributed by atoms with Crippen LogP contribution in [-0.4, -0.2) is 40.2 Å². The van der Waals surface area contributed by atoms with E-state index >= 15 is 0 Å². The Morgan fingerprint density at radius 3 is 2.94 bits per heavy atom. The maximum Gasteiger partial charge on any atom is 0.268 e. The molecule has 3 aromatic rings. The molecule has 6 nitrogen and oxygen atoms in total. The minimum atomic E-state index is -0.508. The summed E-state index contributed by atoms with van der Waals surface area (Å²) in [6, 6.07) is 7.77. The lowest BCUT2D eigenvalue weighted by Crippen LogP contribution is -2.46. The maximum atomic E-state index is 13.8. The molecule has 1 aromatic carbocycles. The highest BCUT2D eigenvalue weighted by Crippen LogP contribution is 2.30. The van der Waals surface area contributed by atoms with E-state index < -0.39 is 5.82 Å². The molecule has 170 valence electrons. The van der Waals surface area contributed by atoms with Gasteiger partial charge < -0.3 is 20.7 Å². The third-order valence-electron chi connectivity index (χ3n) is 5.71. The highest BCUT2D eigenvalue weighted by Gasteiger charge is 2.30. The minimum Gasteiger partial charge on any atom is -0.396 e.